The second-order valence-electron chi connectivity index (χ2n) is 3.57. The van der Waals surface area contributed by atoms with Crippen molar-refractivity contribution in [1.29, 1.82) is 0 Å². The molecule has 0 radical (unpaired) electrons. The van der Waals surface area contributed by atoms with Gasteiger partial charge in [0.2, 0.25) is 0 Å². The summed E-state index contributed by atoms with van der Waals surface area (Å²) in [6, 6.07) is 9.75. The van der Waals surface area contributed by atoms with Gasteiger partial charge in [-0.25, -0.2) is 0 Å². The van der Waals surface area contributed by atoms with Gasteiger partial charge in [-0.15, -0.1) is 0 Å². The molecule has 2 rings (SSSR count). The van der Waals surface area contributed by atoms with Crippen molar-refractivity contribution in [2.24, 2.45) is 0 Å². The predicted molar refractivity (Wildman–Crippen MR) is 63.7 cm³/mol. The molecular formula is C14H12O2. The minimum atomic E-state index is -1.02. The summed E-state index contributed by atoms with van der Waals surface area (Å²) >= 11 is 0. The van der Waals surface area contributed by atoms with E-state index in [1.165, 1.54) is 6.08 Å². The molecule has 0 aromatic heterocycles. The molecule has 1 unspecified atom stereocenters. The third kappa shape index (κ3) is 2.35. The van der Waals surface area contributed by atoms with Gasteiger partial charge in [-0.1, -0.05) is 54.6 Å². The van der Waals surface area contributed by atoms with Crippen molar-refractivity contribution in [2.75, 3.05) is 0 Å². The van der Waals surface area contributed by atoms with Crippen molar-refractivity contribution in [3.63, 3.8) is 0 Å². The van der Waals surface area contributed by atoms with Crippen LogP contribution in [0.15, 0.2) is 60.2 Å². The number of allylic oxidation sites excluding steroid dienone is 2. The lowest BCUT2D eigenvalue weighted by Crippen LogP contribution is -2.21. The Balaban J connectivity index is 2.16. The summed E-state index contributed by atoms with van der Waals surface area (Å²) in [5.74, 6) is -0.268. The highest BCUT2D eigenvalue weighted by atomic mass is 16.3. The standard InChI is InChI=1S/C14H12O2/c15-13-8-4-7-12(14(13)16)10-9-11-5-2-1-3-6-11/h1-10,14,16H. The first-order chi connectivity index (χ1) is 7.77. The Morgan fingerprint density at radius 1 is 1.12 bits per heavy atom. The molecule has 0 spiro atoms. The highest BCUT2D eigenvalue weighted by Crippen LogP contribution is 2.13. The zero-order valence-electron chi connectivity index (χ0n) is 8.71. The van der Waals surface area contributed by atoms with Crippen molar-refractivity contribution in [2.45, 2.75) is 6.10 Å². The maximum atomic E-state index is 11.2. The van der Waals surface area contributed by atoms with E-state index in [0.717, 1.165) is 5.56 Å². The normalized spacial score (nSPS) is 20.2. The molecule has 0 saturated heterocycles. The lowest BCUT2D eigenvalue weighted by Gasteiger charge is -2.10. The van der Waals surface area contributed by atoms with Gasteiger partial charge >= 0.3 is 0 Å². The Morgan fingerprint density at radius 3 is 2.62 bits per heavy atom. The number of rotatable bonds is 2. The van der Waals surface area contributed by atoms with Gasteiger partial charge in [0, 0.05) is 0 Å². The van der Waals surface area contributed by atoms with Crippen LogP contribution in [-0.4, -0.2) is 17.0 Å². The van der Waals surface area contributed by atoms with E-state index in [0.29, 0.717) is 5.57 Å². The molecule has 1 aliphatic rings. The van der Waals surface area contributed by atoms with Gasteiger partial charge in [0.15, 0.2) is 5.78 Å². The lowest BCUT2D eigenvalue weighted by atomic mass is 9.99. The predicted octanol–water partition coefficient (Wildman–Crippen LogP) is 2.13. The van der Waals surface area contributed by atoms with Crippen molar-refractivity contribution >= 4 is 11.9 Å². The van der Waals surface area contributed by atoms with E-state index in [1.807, 2.05) is 36.4 Å². The minimum absolute atomic E-state index is 0.268. The number of ketones is 1. The van der Waals surface area contributed by atoms with Gasteiger partial charge < -0.3 is 5.11 Å². The Bertz CT molecular complexity index is 467. The third-order valence-corrected chi connectivity index (χ3v) is 2.40. The molecule has 1 aromatic rings. The van der Waals surface area contributed by atoms with Crippen LogP contribution < -0.4 is 0 Å². The first-order valence-corrected chi connectivity index (χ1v) is 5.11. The number of aliphatic hydroxyl groups is 1. The van der Waals surface area contributed by atoms with Gasteiger partial charge in [-0.2, -0.15) is 0 Å². The first kappa shape index (κ1) is 10.6. The molecule has 80 valence electrons. The van der Waals surface area contributed by atoms with Crippen molar-refractivity contribution in [1.82, 2.24) is 0 Å². The number of hydrogen-bond acceptors (Lipinski definition) is 2. The van der Waals surface area contributed by atoms with Crippen LogP contribution in [0.4, 0.5) is 0 Å². The topological polar surface area (TPSA) is 37.3 Å². The van der Waals surface area contributed by atoms with E-state index >= 15 is 0 Å². The molecule has 0 fully saturated rings. The molecule has 0 heterocycles. The van der Waals surface area contributed by atoms with Gasteiger partial charge in [-0.3, -0.25) is 4.79 Å². The zero-order valence-corrected chi connectivity index (χ0v) is 8.71. The fourth-order valence-corrected chi connectivity index (χ4v) is 1.50. The molecule has 16 heavy (non-hydrogen) atoms. The van der Waals surface area contributed by atoms with E-state index in [2.05, 4.69) is 0 Å². The highest BCUT2D eigenvalue weighted by molar-refractivity contribution is 5.97. The summed E-state index contributed by atoms with van der Waals surface area (Å²) in [5.41, 5.74) is 1.66. The van der Waals surface area contributed by atoms with Crippen molar-refractivity contribution in [3.8, 4) is 0 Å². The summed E-state index contributed by atoms with van der Waals surface area (Å²) in [7, 11) is 0. The van der Waals surface area contributed by atoms with Crippen LogP contribution in [-0.2, 0) is 4.79 Å². The monoisotopic (exact) mass is 212 g/mol. The summed E-state index contributed by atoms with van der Waals surface area (Å²) in [6.07, 6.45) is 7.39. The second kappa shape index (κ2) is 4.73. The SMILES string of the molecule is O=C1C=CC=C(C=Cc2ccccc2)C1O. The molecule has 1 aliphatic carbocycles. The summed E-state index contributed by atoms with van der Waals surface area (Å²) < 4.78 is 0. The lowest BCUT2D eigenvalue weighted by molar-refractivity contribution is -0.120. The summed E-state index contributed by atoms with van der Waals surface area (Å²) in [4.78, 5) is 11.2. The Hall–Kier alpha value is -1.93. The molecule has 1 atom stereocenters. The van der Waals surface area contributed by atoms with Crippen LogP contribution >= 0.6 is 0 Å². The van der Waals surface area contributed by atoms with Crippen LogP contribution in [0.25, 0.3) is 6.08 Å². The maximum Gasteiger partial charge on any atom is 0.188 e. The Morgan fingerprint density at radius 2 is 1.88 bits per heavy atom. The van der Waals surface area contributed by atoms with Gasteiger partial charge in [0.05, 0.1) is 0 Å². The summed E-state index contributed by atoms with van der Waals surface area (Å²) in [6.45, 7) is 0. The Kier molecular flexibility index (Phi) is 3.13. The van der Waals surface area contributed by atoms with Crippen LogP contribution in [0.2, 0.25) is 0 Å². The van der Waals surface area contributed by atoms with Crippen molar-refractivity contribution < 1.29 is 9.90 Å². The molecule has 0 amide bonds. The van der Waals surface area contributed by atoms with E-state index in [9.17, 15) is 9.90 Å². The van der Waals surface area contributed by atoms with E-state index in [1.54, 1.807) is 18.2 Å². The van der Waals surface area contributed by atoms with E-state index in [-0.39, 0.29) is 5.78 Å². The molecule has 0 bridgehead atoms. The number of carbonyl (C=O) groups is 1. The number of benzene rings is 1. The smallest absolute Gasteiger partial charge is 0.188 e. The molecular weight excluding hydrogens is 200 g/mol. The molecule has 0 aliphatic heterocycles. The maximum absolute atomic E-state index is 11.2. The van der Waals surface area contributed by atoms with Crippen LogP contribution in [0.1, 0.15) is 5.56 Å². The molecule has 2 nitrogen and oxygen atoms in total. The molecule has 1 aromatic carbocycles. The minimum Gasteiger partial charge on any atom is -0.380 e. The van der Waals surface area contributed by atoms with E-state index < -0.39 is 6.10 Å². The molecule has 2 heteroatoms. The second-order valence-corrected chi connectivity index (χ2v) is 3.57. The van der Waals surface area contributed by atoms with Gasteiger partial charge in [-0.05, 0) is 17.2 Å². The Labute approximate surface area is 94.2 Å². The fraction of sp³-hybridized carbons (Fsp3) is 0.0714. The van der Waals surface area contributed by atoms with Crippen LogP contribution in [0.5, 0.6) is 0 Å². The third-order valence-electron chi connectivity index (χ3n) is 2.40. The highest BCUT2D eigenvalue weighted by Gasteiger charge is 2.17. The number of carbonyl (C=O) groups excluding carboxylic acids is 1. The number of hydrogen-bond donors (Lipinski definition) is 1. The quantitative estimate of drug-likeness (QED) is 0.815. The van der Waals surface area contributed by atoms with Crippen LogP contribution in [0, 0.1) is 0 Å². The average Bonchev–Trinajstić information content (AvgIpc) is 2.32. The average molecular weight is 212 g/mol. The fourth-order valence-electron chi connectivity index (χ4n) is 1.50. The largest absolute Gasteiger partial charge is 0.380 e. The van der Waals surface area contributed by atoms with Crippen LogP contribution in [0.3, 0.4) is 0 Å². The van der Waals surface area contributed by atoms with Gasteiger partial charge in [0.25, 0.3) is 0 Å². The van der Waals surface area contributed by atoms with Crippen molar-refractivity contribution in [3.05, 3.63) is 65.8 Å². The molecule has 0 saturated carbocycles. The first-order valence-electron chi connectivity index (χ1n) is 5.11. The van der Waals surface area contributed by atoms with E-state index in [4.69, 9.17) is 0 Å². The van der Waals surface area contributed by atoms with Gasteiger partial charge in [0.1, 0.15) is 6.10 Å². The number of aliphatic hydroxyl groups excluding tert-OH is 1. The zero-order chi connectivity index (χ0) is 11.4. The summed E-state index contributed by atoms with van der Waals surface area (Å²) in [5, 5.41) is 9.60. The molecule has 1 N–H and O–H groups in total.